The molecule has 0 saturated heterocycles. The lowest BCUT2D eigenvalue weighted by molar-refractivity contribution is 0.535. The van der Waals surface area contributed by atoms with Gasteiger partial charge in [0.15, 0.2) is 0 Å². The number of rotatable bonds is 15. The van der Waals surface area contributed by atoms with Gasteiger partial charge in [-0.05, 0) is 47.1 Å². The van der Waals surface area contributed by atoms with Crippen LogP contribution in [0.3, 0.4) is 0 Å². The molecule has 0 nitrogen and oxygen atoms in total. The smallest absolute Gasteiger partial charge is 0 e. The zero-order valence-electron chi connectivity index (χ0n) is 22.8. The normalized spacial score (nSPS) is 11.1. The molecular formula is C35H48Si. The predicted octanol–water partition coefficient (Wildman–Crippen LogP) is 10.6. The molecule has 0 spiro atoms. The van der Waals surface area contributed by atoms with Gasteiger partial charge in [0.1, 0.15) is 0 Å². The maximum atomic E-state index is 2.29. The van der Waals surface area contributed by atoms with Crippen molar-refractivity contribution < 1.29 is 0 Å². The van der Waals surface area contributed by atoms with Crippen molar-refractivity contribution in [2.75, 3.05) is 0 Å². The molecule has 0 atom stereocenters. The van der Waals surface area contributed by atoms with Crippen LogP contribution in [-0.4, -0.2) is 11.0 Å². The highest BCUT2D eigenvalue weighted by Crippen LogP contribution is 2.35. The van der Waals surface area contributed by atoms with Gasteiger partial charge in [0, 0.05) is 11.0 Å². The Morgan fingerprint density at radius 1 is 0.444 bits per heavy atom. The van der Waals surface area contributed by atoms with Crippen LogP contribution in [0.2, 0.25) is 0 Å². The second kappa shape index (κ2) is 19.0. The molecule has 4 radical (unpaired) electrons. The van der Waals surface area contributed by atoms with Gasteiger partial charge in [0.25, 0.3) is 0 Å². The molecule has 1 heteroatoms. The van der Waals surface area contributed by atoms with Crippen LogP contribution in [0.4, 0.5) is 0 Å². The van der Waals surface area contributed by atoms with Gasteiger partial charge in [-0.3, -0.25) is 0 Å². The fourth-order valence-electron chi connectivity index (χ4n) is 5.25. The van der Waals surface area contributed by atoms with E-state index in [4.69, 9.17) is 0 Å². The molecule has 3 aromatic rings. The molecule has 0 saturated carbocycles. The molecule has 1 aliphatic rings. The molecule has 0 fully saturated rings. The van der Waals surface area contributed by atoms with E-state index in [9.17, 15) is 0 Å². The number of fused-ring (bicyclic) bond motifs is 3. The SMILES string of the molecule is CCCCCCCCCCCCCCCCc1ccccc1.[Si].c1ccc2c(c1)Cc1ccccc1-2. The summed E-state index contributed by atoms with van der Waals surface area (Å²) >= 11 is 0. The van der Waals surface area contributed by atoms with E-state index in [1.54, 1.807) is 0 Å². The van der Waals surface area contributed by atoms with Crippen LogP contribution in [0.15, 0.2) is 78.9 Å². The summed E-state index contributed by atoms with van der Waals surface area (Å²) in [4.78, 5) is 0. The third-order valence-corrected chi connectivity index (χ3v) is 7.37. The van der Waals surface area contributed by atoms with E-state index in [2.05, 4.69) is 85.8 Å². The maximum Gasteiger partial charge on any atom is 0 e. The van der Waals surface area contributed by atoms with Crippen molar-refractivity contribution in [3.63, 3.8) is 0 Å². The number of aryl methyl sites for hydroxylation is 1. The molecule has 36 heavy (non-hydrogen) atoms. The van der Waals surface area contributed by atoms with Crippen LogP contribution < -0.4 is 0 Å². The molecule has 0 N–H and O–H groups in total. The number of unbranched alkanes of at least 4 members (excludes halogenated alkanes) is 13. The second-order valence-electron chi connectivity index (χ2n) is 10.3. The Hall–Kier alpha value is -2.12. The zero-order valence-corrected chi connectivity index (χ0v) is 23.8. The molecule has 0 bridgehead atoms. The minimum Gasteiger partial charge on any atom is -0.0654 e. The highest BCUT2D eigenvalue weighted by molar-refractivity contribution is 5.76. The Balaban J connectivity index is 0.000000274. The molecule has 0 heterocycles. The average Bonchev–Trinajstić information content (AvgIpc) is 3.29. The van der Waals surface area contributed by atoms with E-state index in [-0.39, 0.29) is 11.0 Å². The average molecular weight is 497 g/mol. The lowest BCUT2D eigenvalue weighted by Gasteiger charge is -2.03. The molecule has 192 valence electrons. The van der Waals surface area contributed by atoms with Gasteiger partial charge >= 0.3 is 0 Å². The summed E-state index contributed by atoms with van der Waals surface area (Å²) in [5.74, 6) is 0. The van der Waals surface area contributed by atoms with Crippen molar-refractivity contribution in [1.29, 1.82) is 0 Å². The fourth-order valence-corrected chi connectivity index (χ4v) is 5.25. The predicted molar refractivity (Wildman–Crippen MR) is 161 cm³/mol. The lowest BCUT2D eigenvalue weighted by Crippen LogP contribution is -1.86. The minimum absolute atomic E-state index is 0. The first kappa shape index (κ1) is 30.1. The van der Waals surface area contributed by atoms with Gasteiger partial charge in [-0.1, -0.05) is 169 Å². The van der Waals surface area contributed by atoms with E-state index in [0.717, 1.165) is 6.42 Å². The minimum atomic E-state index is 0. The number of benzene rings is 3. The summed E-state index contributed by atoms with van der Waals surface area (Å²) in [5, 5.41) is 0. The van der Waals surface area contributed by atoms with Gasteiger partial charge in [0.05, 0.1) is 0 Å². The monoisotopic (exact) mass is 496 g/mol. The molecule has 0 aliphatic heterocycles. The summed E-state index contributed by atoms with van der Waals surface area (Å²) < 4.78 is 0. The molecular weight excluding hydrogens is 448 g/mol. The quantitative estimate of drug-likeness (QED) is 0.113. The van der Waals surface area contributed by atoms with Gasteiger partial charge in [-0.15, -0.1) is 0 Å². The highest BCUT2D eigenvalue weighted by Gasteiger charge is 2.15. The third kappa shape index (κ3) is 11.3. The van der Waals surface area contributed by atoms with E-state index in [1.165, 1.54) is 124 Å². The Morgan fingerprint density at radius 2 is 0.833 bits per heavy atom. The first-order valence-electron chi connectivity index (χ1n) is 14.6. The van der Waals surface area contributed by atoms with Gasteiger partial charge in [0.2, 0.25) is 0 Å². The maximum absolute atomic E-state index is 2.29. The van der Waals surface area contributed by atoms with Gasteiger partial charge in [-0.2, -0.15) is 0 Å². The summed E-state index contributed by atoms with van der Waals surface area (Å²) in [7, 11) is 0. The topological polar surface area (TPSA) is 0 Å². The largest absolute Gasteiger partial charge is 0.0654 e. The second-order valence-corrected chi connectivity index (χ2v) is 10.3. The van der Waals surface area contributed by atoms with Crippen LogP contribution >= 0.6 is 0 Å². The molecule has 4 rings (SSSR count). The third-order valence-electron chi connectivity index (χ3n) is 7.37. The van der Waals surface area contributed by atoms with Crippen molar-refractivity contribution in [3.8, 4) is 11.1 Å². The van der Waals surface area contributed by atoms with Crippen molar-refractivity contribution in [3.05, 3.63) is 95.6 Å². The van der Waals surface area contributed by atoms with Crippen LogP contribution in [-0.2, 0) is 12.8 Å². The first-order chi connectivity index (χ1) is 17.4. The highest BCUT2D eigenvalue weighted by atomic mass is 28.1. The number of hydrogen-bond acceptors (Lipinski definition) is 0. The molecule has 0 amide bonds. The molecule has 1 aliphatic carbocycles. The zero-order chi connectivity index (χ0) is 24.4. The van der Waals surface area contributed by atoms with Crippen LogP contribution in [0, 0.1) is 0 Å². The van der Waals surface area contributed by atoms with Crippen molar-refractivity contribution in [1.82, 2.24) is 0 Å². The van der Waals surface area contributed by atoms with E-state index in [1.807, 2.05) is 0 Å². The Labute approximate surface area is 227 Å². The van der Waals surface area contributed by atoms with Crippen LogP contribution in [0.1, 0.15) is 114 Å². The molecule has 0 unspecified atom stereocenters. The van der Waals surface area contributed by atoms with Crippen molar-refractivity contribution in [2.45, 2.75) is 110 Å². The summed E-state index contributed by atoms with van der Waals surface area (Å²) in [6, 6.07) is 28.2. The van der Waals surface area contributed by atoms with Gasteiger partial charge < -0.3 is 0 Å². The van der Waals surface area contributed by atoms with E-state index in [0.29, 0.717) is 0 Å². The van der Waals surface area contributed by atoms with Gasteiger partial charge in [-0.25, -0.2) is 0 Å². The van der Waals surface area contributed by atoms with E-state index < -0.39 is 0 Å². The number of hydrogen-bond donors (Lipinski definition) is 0. The van der Waals surface area contributed by atoms with E-state index >= 15 is 0 Å². The summed E-state index contributed by atoms with van der Waals surface area (Å²) in [6.45, 7) is 2.29. The van der Waals surface area contributed by atoms with Crippen molar-refractivity contribution >= 4 is 11.0 Å². The first-order valence-corrected chi connectivity index (χ1v) is 14.6. The summed E-state index contributed by atoms with van der Waals surface area (Å²) in [5.41, 5.74) is 7.25. The van der Waals surface area contributed by atoms with Crippen molar-refractivity contribution in [2.24, 2.45) is 0 Å². The van der Waals surface area contributed by atoms with Crippen LogP contribution in [0.5, 0.6) is 0 Å². The standard InChI is InChI=1S/C22H38.C13H10.Si/c1-2-3-4-5-6-7-8-9-10-11-12-13-14-16-19-22-20-17-15-18-21-22;1-3-7-12-10(5-1)9-11-6-2-4-8-13(11)12;/h15,17-18,20-21H,2-14,16,19H2,1H3;1-8H,9H2;. The molecule has 3 aromatic carbocycles. The molecule has 0 aromatic heterocycles. The fraction of sp³-hybridized carbons (Fsp3) is 0.486. The van der Waals surface area contributed by atoms with Crippen LogP contribution in [0.25, 0.3) is 11.1 Å². The Bertz CT molecular complexity index is 887. The Kier molecular flexibility index (Phi) is 15.9. The summed E-state index contributed by atoms with van der Waals surface area (Å²) in [6.07, 6.45) is 22.6. The Morgan fingerprint density at radius 3 is 1.31 bits per heavy atom. The lowest BCUT2D eigenvalue weighted by atomic mass is 10.0.